The molecule has 0 aliphatic heterocycles. The van der Waals surface area contributed by atoms with Gasteiger partial charge in [0.1, 0.15) is 12.3 Å². The lowest BCUT2D eigenvalue weighted by molar-refractivity contribution is -0.141. The summed E-state index contributed by atoms with van der Waals surface area (Å²) < 4.78 is 42.2. The van der Waals surface area contributed by atoms with Crippen molar-refractivity contribution in [3.05, 3.63) is 23.9 Å². The van der Waals surface area contributed by atoms with Crippen LogP contribution in [0.15, 0.2) is 18.2 Å². The second-order valence-electron chi connectivity index (χ2n) is 4.03. The number of alkyl halides is 3. The van der Waals surface area contributed by atoms with Crippen molar-refractivity contribution in [2.24, 2.45) is 0 Å². The van der Waals surface area contributed by atoms with Crippen molar-refractivity contribution in [1.82, 2.24) is 15.6 Å². The molecule has 0 unspecified atom stereocenters. The normalized spacial score (nSPS) is 10.9. The molecule has 22 heavy (non-hydrogen) atoms. The lowest BCUT2D eigenvalue weighted by atomic mass is 10.3. The average Bonchev–Trinajstić information content (AvgIpc) is 2.42. The van der Waals surface area contributed by atoms with Crippen LogP contribution in [-0.4, -0.2) is 41.8 Å². The Morgan fingerprint density at radius 1 is 1.23 bits per heavy atom. The Hall–Kier alpha value is -2.52. The van der Waals surface area contributed by atoms with E-state index in [9.17, 15) is 22.8 Å². The molecular weight excluding hydrogens is 307 g/mol. The number of pyridine rings is 1. The maximum absolute atomic E-state index is 12.4. The van der Waals surface area contributed by atoms with Gasteiger partial charge in [0.25, 0.3) is 0 Å². The molecule has 7 nitrogen and oxygen atoms in total. The monoisotopic (exact) mass is 321 g/mol. The van der Waals surface area contributed by atoms with Crippen LogP contribution in [0.1, 0.15) is 12.1 Å². The summed E-state index contributed by atoms with van der Waals surface area (Å²) in [7, 11) is 0. The van der Waals surface area contributed by atoms with Gasteiger partial charge in [0.15, 0.2) is 0 Å². The van der Waals surface area contributed by atoms with E-state index in [0.717, 1.165) is 12.1 Å². The van der Waals surface area contributed by atoms with Crippen molar-refractivity contribution in [2.75, 3.05) is 19.7 Å². The van der Waals surface area contributed by atoms with E-state index in [-0.39, 0.29) is 32.0 Å². The van der Waals surface area contributed by atoms with Crippen LogP contribution in [-0.2, 0) is 11.0 Å². The van der Waals surface area contributed by atoms with Crippen LogP contribution in [0.25, 0.3) is 0 Å². The minimum absolute atomic E-state index is 0.0246. The number of rotatable bonds is 7. The third-order valence-corrected chi connectivity index (χ3v) is 2.28. The van der Waals surface area contributed by atoms with Crippen LogP contribution in [0, 0.1) is 0 Å². The highest BCUT2D eigenvalue weighted by Crippen LogP contribution is 2.28. The van der Waals surface area contributed by atoms with Gasteiger partial charge in [-0.2, -0.15) is 13.2 Å². The summed E-state index contributed by atoms with van der Waals surface area (Å²) in [5, 5.41) is 13.0. The zero-order valence-corrected chi connectivity index (χ0v) is 11.3. The predicted molar refractivity (Wildman–Crippen MR) is 68.4 cm³/mol. The van der Waals surface area contributed by atoms with E-state index in [1.54, 1.807) is 0 Å². The number of carboxylic acid groups (broad SMARTS) is 1. The summed E-state index contributed by atoms with van der Waals surface area (Å²) in [6.07, 6.45) is -4.76. The van der Waals surface area contributed by atoms with Crippen molar-refractivity contribution in [3.8, 4) is 5.88 Å². The fourth-order valence-electron chi connectivity index (χ4n) is 1.32. The molecule has 10 heteroatoms. The van der Waals surface area contributed by atoms with Crippen molar-refractivity contribution >= 4 is 12.0 Å². The molecule has 2 amide bonds. The topological polar surface area (TPSA) is 101 Å². The molecule has 0 bridgehead atoms. The summed E-state index contributed by atoms with van der Waals surface area (Å²) in [5.41, 5.74) is -1.07. The smallest absolute Gasteiger partial charge is 0.433 e. The molecule has 3 N–H and O–H groups in total. The Labute approximate surface area is 123 Å². The lowest BCUT2D eigenvalue weighted by Crippen LogP contribution is -2.38. The van der Waals surface area contributed by atoms with E-state index in [0.29, 0.717) is 0 Å². The maximum atomic E-state index is 12.4. The van der Waals surface area contributed by atoms with Crippen molar-refractivity contribution < 1.29 is 32.6 Å². The molecule has 0 spiro atoms. The van der Waals surface area contributed by atoms with Crippen molar-refractivity contribution in [1.29, 1.82) is 0 Å². The van der Waals surface area contributed by atoms with Gasteiger partial charge < -0.3 is 20.5 Å². The second-order valence-corrected chi connectivity index (χ2v) is 4.03. The van der Waals surface area contributed by atoms with Gasteiger partial charge in [0, 0.05) is 12.6 Å². The number of carboxylic acids is 1. The third kappa shape index (κ3) is 6.77. The van der Waals surface area contributed by atoms with Gasteiger partial charge in [0.2, 0.25) is 5.88 Å². The summed E-state index contributed by atoms with van der Waals surface area (Å²) in [6.45, 7) is -0.0886. The molecule has 1 aromatic rings. The molecule has 0 aliphatic rings. The van der Waals surface area contributed by atoms with E-state index in [1.807, 2.05) is 0 Å². The van der Waals surface area contributed by atoms with E-state index in [4.69, 9.17) is 9.84 Å². The average molecular weight is 321 g/mol. The van der Waals surface area contributed by atoms with Crippen LogP contribution in [0.3, 0.4) is 0 Å². The Morgan fingerprint density at radius 3 is 2.55 bits per heavy atom. The molecule has 1 rings (SSSR count). The van der Waals surface area contributed by atoms with Crippen molar-refractivity contribution in [3.63, 3.8) is 0 Å². The number of hydrogen-bond acceptors (Lipinski definition) is 4. The molecule has 0 aliphatic carbocycles. The number of carbonyl (C=O) groups is 2. The number of nitrogens with zero attached hydrogens (tertiary/aromatic N) is 1. The highest BCUT2D eigenvalue weighted by atomic mass is 19.4. The fourth-order valence-corrected chi connectivity index (χ4v) is 1.32. The van der Waals surface area contributed by atoms with Gasteiger partial charge >= 0.3 is 18.2 Å². The fraction of sp³-hybridized carbons (Fsp3) is 0.417. The highest BCUT2D eigenvalue weighted by Gasteiger charge is 2.32. The van der Waals surface area contributed by atoms with Crippen LogP contribution in [0.5, 0.6) is 5.88 Å². The molecule has 0 aromatic carbocycles. The summed E-state index contributed by atoms with van der Waals surface area (Å²) in [4.78, 5) is 24.7. The predicted octanol–water partition coefficient (Wildman–Crippen LogP) is 1.25. The van der Waals surface area contributed by atoms with E-state index >= 15 is 0 Å². The first-order valence-electron chi connectivity index (χ1n) is 6.19. The SMILES string of the molecule is O=C(O)CCNC(=O)NCCOc1cccc(C(F)(F)F)n1. The number of urea groups is 1. The number of aromatic nitrogens is 1. The van der Waals surface area contributed by atoms with E-state index < -0.39 is 23.9 Å². The molecule has 0 radical (unpaired) electrons. The van der Waals surface area contributed by atoms with Gasteiger partial charge in [-0.25, -0.2) is 9.78 Å². The van der Waals surface area contributed by atoms with Crippen LogP contribution in [0.4, 0.5) is 18.0 Å². The number of halogens is 3. The number of aliphatic carboxylic acids is 1. The second kappa shape index (κ2) is 8.05. The first-order chi connectivity index (χ1) is 10.3. The maximum Gasteiger partial charge on any atom is 0.433 e. The van der Waals surface area contributed by atoms with Crippen LogP contribution < -0.4 is 15.4 Å². The molecule has 1 heterocycles. The Bertz CT molecular complexity index is 523. The summed E-state index contributed by atoms with van der Waals surface area (Å²) in [6, 6.07) is 2.65. The Balaban J connectivity index is 2.27. The number of amides is 2. The highest BCUT2D eigenvalue weighted by molar-refractivity contribution is 5.74. The van der Waals surface area contributed by atoms with E-state index in [2.05, 4.69) is 15.6 Å². The van der Waals surface area contributed by atoms with Crippen LogP contribution in [0.2, 0.25) is 0 Å². The van der Waals surface area contributed by atoms with Gasteiger partial charge in [-0.1, -0.05) is 6.07 Å². The Kier molecular flexibility index (Phi) is 6.42. The standard InChI is InChI=1S/C12H14F3N3O4/c13-12(14,15)8-2-1-3-9(18-8)22-7-6-17-11(21)16-5-4-10(19)20/h1-3H,4-7H2,(H,19,20)(H2,16,17,21). The van der Waals surface area contributed by atoms with Gasteiger partial charge in [-0.15, -0.1) is 0 Å². The van der Waals surface area contributed by atoms with Crippen molar-refractivity contribution in [2.45, 2.75) is 12.6 Å². The number of hydrogen-bond donors (Lipinski definition) is 3. The van der Waals surface area contributed by atoms with Gasteiger partial charge in [-0.3, -0.25) is 4.79 Å². The van der Waals surface area contributed by atoms with E-state index in [1.165, 1.54) is 6.07 Å². The zero-order valence-electron chi connectivity index (χ0n) is 11.3. The molecule has 0 fully saturated rings. The minimum Gasteiger partial charge on any atom is -0.481 e. The zero-order chi connectivity index (χ0) is 16.6. The minimum atomic E-state index is -4.55. The first kappa shape index (κ1) is 17.5. The van der Waals surface area contributed by atoms with Gasteiger partial charge in [-0.05, 0) is 6.07 Å². The molecule has 0 saturated carbocycles. The molecular formula is C12H14F3N3O4. The summed E-state index contributed by atoms with van der Waals surface area (Å²) in [5.74, 6) is -1.25. The van der Waals surface area contributed by atoms with Gasteiger partial charge in [0.05, 0.1) is 13.0 Å². The molecule has 122 valence electrons. The largest absolute Gasteiger partial charge is 0.481 e. The quantitative estimate of drug-likeness (QED) is 0.656. The number of ether oxygens (including phenoxy) is 1. The molecule has 0 atom stereocenters. The van der Waals surface area contributed by atoms with Crippen LogP contribution >= 0.6 is 0 Å². The number of carbonyl (C=O) groups excluding carboxylic acids is 1. The molecule has 1 aromatic heterocycles. The number of nitrogens with one attached hydrogen (secondary N) is 2. The Morgan fingerprint density at radius 2 is 1.91 bits per heavy atom. The molecule has 0 saturated heterocycles. The third-order valence-electron chi connectivity index (χ3n) is 2.28. The lowest BCUT2D eigenvalue weighted by Gasteiger charge is -2.10. The summed E-state index contributed by atoms with van der Waals surface area (Å²) >= 11 is 0. The first-order valence-corrected chi connectivity index (χ1v) is 6.19.